The Kier molecular flexibility index (Phi) is 4.04. The van der Waals surface area contributed by atoms with Gasteiger partial charge < -0.3 is 15.3 Å². The SMILES string of the molecule is CC1(C)CCCNC1C(=O)N1CCC2(O)CCCCC2C1. The third-order valence-electron chi connectivity index (χ3n) is 6.11. The summed E-state index contributed by atoms with van der Waals surface area (Å²) >= 11 is 0. The molecule has 0 radical (unpaired) electrons. The van der Waals surface area contributed by atoms with E-state index in [-0.39, 0.29) is 23.3 Å². The third kappa shape index (κ3) is 2.85. The molecule has 3 unspecified atom stereocenters. The number of hydrogen-bond acceptors (Lipinski definition) is 3. The number of piperidine rings is 2. The van der Waals surface area contributed by atoms with Crippen molar-refractivity contribution in [3.63, 3.8) is 0 Å². The summed E-state index contributed by atoms with van der Waals surface area (Å²) in [5.74, 6) is 0.544. The van der Waals surface area contributed by atoms with Gasteiger partial charge in [-0.1, -0.05) is 26.7 Å². The summed E-state index contributed by atoms with van der Waals surface area (Å²) in [7, 11) is 0. The summed E-state index contributed by atoms with van der Waals surface area (Å²) < 4.78 is 0. The van der Waals surface area contributed by atoms with Gasteiger partial charge in [-0.15, -0.1) is 0 Å². The van der Waals surface area contributed by atoms with Crippen LogP contribution in [0.2, 0.25) is 0 Å². The lowest BCUT2D eigenvalue weighted by atomic mass is 9.70. The molecule has 4 heteroatoms. The van der Waals surface area contributed by atoms with E-state index in [4.69, 9.17) is 0 Å². The minimum atomic E-state index is -0.495. The zero-order chi connectivity index (χ0) is 15.1. The number of hydrogen-bond donors (Lipinski definition) is 2. The van der Waals surface area contributed by atoms with E-state index in [0.29, 0.717) is 0 Å². The molecule has 1 amide bonds. The predicted molar refractivity (Wildman–Crippen MR) is 82.9 cm³/mol. The fourth-order valence-electron chi connectivity index (χ4n) is 4.59. The molecule has 2 aliphatic heterocycles. The molecule has 3 fully saturated rings. The van der Waals surface area contributed by atoms with Crippen LogP contribution in [0.4, 0.5) is 0 Å². The molecule has 4 nitrogen and oxygen atoms in total. The molecule has 0 aromatic heterocycles. The summed E-state index contributed by atoms with van der Waals surface area (Å²) in [4.78, 5) is 15.0. The van der Waals surface area contributed by atoms with Crippen molar-refractivity contribution in [2.24, 2.45) is 11.3 Å². The lowest BCUT2D eigenvalue weighted by Crippen LogP contribution is -2.61. The molecule has 21 heavy (non-hydrogen) atoms. The van der Waals surface area contributed by atoms with Crippen molar-refractivity contribution < 1.29 is 9.90 Å². The van der Waals surface area contributed by atoms with Gasteiger partial charge in [0.05, 0.1) is 11.6 Å². The average Bonchev–Trinajstić information content (AvgIpc) is 2.45. The van der Waals surface area contributed by atoms with Crippen molar-refractivity contribution >= 4 is 5.91 Å². The van der Waals surface area contributed by atoms with Gasteiger partial charge in [-0.3, -0.25) is 4.79 Å². The fourth-order valence-corrected chi connectivity index (χ4v) is 4.59. The Morgan fingerprint density at radius 1 is 1.19 bits per heavy atom. The van der Waals surface area contributed by atoms with Gasteiger partial charge in [-0.05, 0) is 44.1 Å². The van der Waals surface area contributed by atoms with Crippen molar-refractivity contribution in [3.8, 4) is 0 Å². The van der Waals surface area contributed by atoms with Gasteiger partial charge in [0.1, 0.15) is 0 Å². The Morgan fingerprint density at radius 2 is 2.00 bits per heavy atom. The molecule has 2 heterocycles. The van der Waals surface area contributed by atoms with Gasteiger partial charge in [0.15, 0.2) is 0 Å². The van der Waals surface area contributed by atoms with Crippen molar-refractivity contribution in [1.82, 2.24) is 10.2 Å². The van der Waals surface area contributed by atoms with Crippen LogP contribution in [0.15, 0.2) is 0 Å². The van der Waals surface area contributed by atoms with E-state index < -0.39 is 5.60 Å². The van der Waals surface area contributed by atoms with Gasteiger partial charge in [-0.2, -0.15) is 0 Å². The standard InChI is InChI=1S/C17H30N2O2/c1-16(2)7-5-10-18-14(16)15(20)19-11-9-17(21)8-4-3-6-13(17)12-19/h13-14,18,21H,3-12H2,1-2H3. The first-order valence-electron chi connectivity index (χ1n) is 8.67. The van der Waals surface area contributed by atoms with Crippen LogP contribution in [-0.2, 0) is 4.79 Å². The summed E-state index contributed by atoms with van der Waals surface area (Å²) in [6.07, 6.45) is 7.35. The lowest BCUT2D eigenvalue weighted by Gasteiger charge is -2.49. The Morgan fingerprint density at radius 3 is 2.76 bits per heavy atom. The maximum Gasteiger partial charge on any atom is 0.240 e. The minimum absolute atomic E-state index is 0.0373. The highest BCUT2D eigenvalue weighted by Crippen LogP contribution is 2.40. The number of nitrogens with zero attached hydrogens (tertiary/aromatic N) is 1. The highest BCUT2D eigenvalue weighted by molar-refractivity contribution is 5.83. The Hall–Kier alpha value is -0.610. The molecule has 0 aromatic rings. The monoisotopic (exact) mass is 294 g/mol. The number of carbonyl (C=O) groups is 1. The van der Waals surface area contributed by atoms with E-state index in [9.17, 15) is 9.90 Å². The van der Waals surface area contributed by atoms with E-state index in [2.05, 4.69) is 19.2 Å². The van der Waals surface area contributed by atoms with Crippen LogP contribution in [0.3, 0.4) is 0 Å². The normalized spacial score (nSPS) is 39.7. The van der Waals surface area contributed by atoms with Crippen LogP contribution >= 0.6 is 0 Å². The van der Waals surface area contributed by atoms with Crippen molar-refractivity contribution in [2.75, 3.05) is 19.6 Å². The highest BCUT2D eigenvalue weighted by Gasteiger charge is 2.46. The summed E-state index contributed by atoms with van der Waals surface area (Å²) in [5.41, 5.74) is -0.458. The maximum absolute atomic E-state index is 12.9. The maximum atomic E-state index is 12.9. The van der Waals surface area contributed by atoms with Gasteiger partial charge in [0.25, 0.3) is 0 Å². The van der Waals surface area contributed by atoms with Gasteiger partial charge in [-0.25, -0.2) is 0 Å². The number of amides is 1. The molecular weight excluding hydrogens is 264 g/mol. The van der Waals surface area contributed by atoms with Crippen LogP contribution in [0.5, 0.6) is 0 Å². The van der Waals surface area contributed by atoms with Crippen molar-refractivity contribution in [2.45, 2.75) is 70.4 Å². The highest BCUT2D eigenvalue weighted by atomic mass is 16.3. The molecule has 0 spiro atoms. The van der Waals surface area contributed by atoms with Crippen molar-refractivity contribution in [1.29, 1.82) is 0 Å². The van der Waals surface area contributed by atoms with Gasteiger partial charge in [0.2, 0.25) is 5.91 Å². The molecule has 3 aliphatic rings. The van der Waals surface area contributed by atoms with Crippen LogP contribution < -0.4 is 5.32 Å². The average molecular weight is 294 g/mol. The first-order chi connectivity index (χ1) is 9.92. The van der Waals surface area contributed by atoms with E-state index in [1.165, 1.54) is 6.42 Å². The largest absolute Gasteiger partial charge is 0.389 e. The van der Waals surface area contributed by atoms with E-state index in [1.54, 1.807) is 0 Å². The number of rotatable bonds is 1. The molecule has 2 N–H and O–H groups in total. The number of fused-ring (bicyclic) bond motifs is 1. The number of likely N-dealkylation sites (tertiary alicyclic amines) is 1. The second-order valence-corrected chi connectivity index (χ2v) is 8.06. The molecular formula is C17H30N2O2. The third-order valence-corrected chi connectivity index (χ3v) is 6.11. The molecule has 3 rings (SSSR count). The number of nitrogens with one attached hydrogen (secondary N) is 1. The zero-order valence-electron chi connectivity index (χ0n) is 13.5. The number of carbonyl (C=O) groups excluding carboxylic acids is 1. The lowest BCUT2D eigenvalue weighted by molar-refractivity contribution is -0.149. The van der Waals surface area contributed by atoms with E-state index in [0.717, 1.165) is 58.2 Å². The van der Waals surface area contributed by atoms with Crippen molar-refractivity contribution in [3.05, 3.63) is 0 Å². The Balaban J connectivity index is 1.68. The zero-order valence-corrected chi connectivity index (χ0v) is 13.5. The summed E-state index contributed by atoms with van der Waals surface area (Å²) in [6.45, 7) is 6.82. The number of aliphatic hydroxyl groups is 1. The topological polar surface area (TPSA) is 52.6 Å². The summed E-state index contributed by atoms with van der Waals surface area (Å²) in [6, 6.07) is -0.0546. The van der Waals surface area contributed by atoms with Crippen LogP contribution in [0, 0.1) is 11.3 Å². The Labute approximate surface area is 128 Å². The second kappa shape index (κ2) is 5.54. The molecule has 0 aromatic carbocycles. The predicted octanol–water partition coefficient (Wildman–Crippen LogP) is 1.92. The van der Waals surface area contributed by atoms with Crippen LogP contribution in [-0.4, -0.2) is 47.2 Å². The van der Waals surface area contributed by atoms with Gasteiger partial charge >= 0.3 is 0 Å². The first kappa shape index (κ1) is 15.3. The van der Waals surface area contributed by atoms with E-state index in [1.807, 2.05) is 4.90 Å². The minimum Gasteiger partial charge on any atom is -0.389 e. The smallest absolute Gasteiger partial charge is 0.240 e. The van der Waals surface area contributed by atoms with Crippen LogP contribution in [0.1, 0.15) is 58.8 Å². The molecule has 2 saturated heterocycles. The first-order valence-corrected chi connectivity index (χ1v) is 8.67. The Bertz CT molecular complexity index is 410. The summed E-state index contributed by atoms with van der Waals surface area (Å²) in [5, 5.41) is 14.2. The van der Waals surface area contributed by atoms with Crippen LogP contribution in [0.25, 0.3) is 0 Å². The second-order valence-electron chi connectivity index (χ2n) is 8.06. The molecule has 1 aliphatic carbocycles. The quantitative estimate of drug-likeness (QED) is 0.777. The molecule has 120 valence electrons. The molecule has 3 atom stereocenters. The fraction of sp³-hybridized carbons (Fsp3) is 0.941. The molecule has 1 saturated carbocycles. The molecule has 0 bridgehead atoms. The van der Waals surface area contributed by atoms with E-state index >= 15 is 0 Å². The van der Waals surface area contributed by atoms with Gasteiger partial charge in [0, 0.05) is 19.0 Å².